The molecule has 2 saturated heterocycles. The van der Waals surface area contributed by atoms with Crippen LogP contribution in [0.1, 0.15) is 25.8 Å². The first-order chi connectivity index (χ1) is 7.23. The van der Waals surface area contributed by atoms with Crippen molar-refractivity contribution in [2.24, 2.45) is 0 Å². The van der Waals surface area contributed by atoms with Crippen LogP contribution >= 0.6 is 0 Å². The summed E-state index contributed by atoms with van der Waals surface area (Å²) in [4.78, 5) is 2.57. The predicted molar refractivity (Wildman–Crippen MR) is 62.6 cm³/mol. The van der Waals surface area contributed by atoms with Gasteiger partial charge >= 0.3 is 0 Å². The fraction of sp³-hybridized carbons (Fsp3) is 0.429. The Labute approximate surface area is 91.4 Å². The number of hydrogen-bond donors (Lipinski definition) is 0. The van der Waals surface area contributed by atoms with E-state index in [2.05, 4.69) is 61.7 Å². The number of nitrogens with zero attached hydrogens (tertiary/aromatic N) is 1. The van der Waals surface area contributed by atoms with Crippen LogP contribution < -0.4 is 0 Å². The zero-order valence-electron chi connectivity index (χ0n) is 9.40. The largest absolute Gasteiger partial charge is 0.274 e. The standard InChI is InChI=1S/C14H17N/c1-4-12-14(11-9-7-6-8-10-11)13(3,5-2)15(12)14/h5-10,12H,2,4H2,1,3H3/t12-,13+,14?,15?/m1/s1. The monoisotopic (exact) mass is 199 g/mol. The molecule has 0 N–H and O–H groups in total. The van der Waals surface area contributed by atoms with Gasteiger partial charge in [-0.05, 0) is 18.9 Å². The molecule has 0 aromatic heterocycles. The molecular formula is C14H17N. The molecule has 1 nitrogen and oxygen atoms in total. The Morgan fingerprint density at radius 1 is 1.40 bits per heavy atom. The molecule has 2 unspecified atom stereocenters. The van der Waals surface area contributed by atoms with Gasteiger partial charge in [0.2, 0.25) is 0 Å². The van der Waals surface area contributed by atoms with E-state index in [1.54, 1.807) is 0 Å². The molecule has 0 bridgehead atoms. The van der Waals surface area contributed by atoms with Gasteiger partial charge in [0.05, 0.1) is 11.1 Å². The highest BCUT2D eigenvalue weighted by molar-refractivity contribution is 5.57. The lowest BCUT2D eigenvalue weighted by atomic mass is 9.82. The summed E-state index contributed by atoms with van der Waals surface area (Å²) in [5, 5.41) is 0. The molecule has 78 valence electrons. The first kappa shape index (κ1) is 9.17. The van der Waals surface area contributed by atoms with Crippen molar-refractivity contribution < 1.29 is 0 Å². The summed E-state index contributed by atoms with van der Waals surface area (Å²) in [6, 6.07) is 11.6. The van der Waals surface area contributed by atoms with Crippen LogP contribution in [0.15, 0.2) is 43.0 Å². The van der Waals surface area contributed by atoms with Crippen LogP contribution in [0.25, 0.3) is 0 Å². The van der Waals surface area contributed by atoms with E-state index in [0.29, 0.717) is 5.54 Å². The lowest BCUT2D eigenvalue weighted by Gasteiger charge is -2.22. The number of fused-ring (bicyclic) bond motifs is 1. The third kappa shape index (κ3) is 0.764. The fourth-order valence-electron chi connectivity index (χ4n) is 3.53. The van der Waals surface area contributed by atoms with Crippen molar-refractivity contribution in [3.05, 3.63) is 48.6 Å². The van der Waals surface area contributed by atoms with Crippen LogP contribution in [0, 0.1) is 0 Å². The van der Waals surface area contributed by atoms with Gasteiger partial charge in [-0.15, -0.1) is 6.58 Å². The van der Waals surface area contributed by atoms with Crippen molar-refractivity contribution in [3.63, 3.8) is 0 Å². The maximum absolute atomic E-state index is 3.97. The lowest BCUT2D eigenvalue weighted by Crippen LogP contribution is -2.32. The first-order valence-electron chi connectivity index (χ1n) is 5.72. The molecule has 2 aliphatic rings. The second-order valence-electron chi connectivity index (χ2n) is 4.78. The van der Waals surface area contributed by atoms with E-state index in [1.807, 2.05) is 0 Å². The van der Waals surface area contributed by atoms with Gasteiger partial charge in [-0.25, -0.2) is 0 Å². The molecule has 0 amide bonds. The lowest BCUT2D eigenvalue weighted by molar-refractivity contribution is 0.425. The van der Waals surface area contributed by atoms with E-state index in [0.717, 1.165) is 6.04 Å². The normalized spacial score (nSPS) is 45.7. The van der Waals surface area contributed by atoms with Gasteiger partial charge in [0.1, 0.15) is 0 Å². The number of benzene rings is 1. The SMILES string of the molecule is C=C[C@]1(C)N2[C@H](CC)C21c1ccccc1. The van der Waals surface area contributed by atoms with E-state index in [1.165, 1.54) is 12.0 Å². The van der Waals surface area contributed by atoms with E-state index in [9.17, 15) is 0 Å². The zero-order valence-corrected chi connectivity index (χ0v) is 9.40. The van der Waals surface area contributed by atoms with Crippen LogP contribution in [-0.2, 0) is 5.54 Å². The summed E-state index contributed by atoms with van der Waals surface area (Å²) in [5.74, 6) is 0. The Kier molecular flexibility index (Phi) is 1.55. The molecule has 1 aromatic rings. The van der Waals surface area contributed by atoms with Crippen molar-refractivity contribution in [2.75, 3.05) is 0 Å². The molecule has 15 heavy (non-hydrogen) atoms. The van der Waals surface area contributed by atoms with Crippen molar-refractivity contribution in [3.8, 4) is 0 Å². The van der Waals surface area contributed by atoms with Gasteiger partial charge in [-0.3, -0.25) is 4.90 Å². The van der Waals surface area contributed by atoms with Crippen LogP contribution in [0.3, 0.4) is 0 Å². The minimum atomic E-state index is 0.217. The molecule has 3 rings (SSSR count). The Hall–Kier alpha value is -1.08. The fourth-order valence-corrected chi connectivity index (χ4v) is 3.53. The summed E-state index contributed by atoms with van der Waals surface area (Å²) in [7, 11) is 0. The van der Waals surface area contributed by atoms with Crippen molar-refractivity contribution in [2.45, 2.75) is 37.4 Å². The molecule has 0 spiro atoms. The third-order valence-corrected chi connectivity index (χ3v) is 4.33. The second-order valence-corrected chi connectivity index (χ2v) is 4.78. The van der Waals surface area contributed by atoms with E-state index in [-0.39, 0.29) is 5.54 Å². The molecule has 4 atom stereocenters. The van der Waals surface area contributed by atoms with Crippen molar-refractivity contribution >= 4 is 0 Å². The summed E-state index contributed by atoms with van der Waals surface area (Å²) in [5.41, 5.74) is 1.97. The molecule has 0 radical (unpaired) electrons. The molecule has 2 aliphatic heterocycles. The average molecular weight is 199 g/mol. The van der Waals surface area contributed by atoms with Gasteiger partial charge in [0, 0.05) is 6.04 Å². The Balaban J connectivity index is 2.02. The highest BCUT2D eigenvalue weighted by atomic mass is 15.6. The van der Waals surface area contributed by atoms with E-state index >= 15 is 0 Å². The van der Waals surface area contributed by atoms with Crippen molar-refractivity contribution in [1.82, 2.24) is 4.90 Å². The molecule has 1 heteroatoms. The van der Waals surface area contributed by atoms with Crippen molar-refractivity contribution in [1.29, 1.82) is 0 Å². The maximum atomic E-state index is 3.97. The molecule has 2 fully saturated rings. The molecular weight excluding hydrogens is 182 g/mol. The summed E-state index contributed by atoms with van der Waals surface area (Å²) in [6.45, 7) is 8.53. The smallest absolute Gasteiger partial charge is 0.0849 e. The minimum absolute atomic E-state index is 0.217. The number of hydrogen-bond acceptors (Lipinski definition) is 1. The van der Waals surface area contributed by atoms with Crippen LogP contribution in [0.5, 0.6) is 0 Å². The van der Waals surface area contributed by atoms with Gasteiger partial charge < -0.3 is 0 Å². The van der Waals surface area contributed by atoms with Gasteiger partial charge in [-0.2, -0.15) is 0 Å². The summed E-state index contributed by atoms with van der Waals surface area (Å²) >= 11 is 0. The quantitative estimate of drug-likeness (QED) is 0.534. The highest BCUT2D eigenvalue weighted by Gasteiger charge is 2.90. The second kappa shape index (κ2) is 2.53. The first-order valence-corrected chi connectivity index (χ1v) is 5.72. The molecule has 0 aliphatic carbocycles. The molecule has 2 heterocycles. The minimum Gasteiger partial charge on any atom is -0.274 e. The zero-order chi connectivity index (χ0) is 10.7. The van der Waals surface area contributed by atoms with Gasteiger partial charge in [0.15, 0.2) is 0 Å². The summed E-state index contributed by atoms with van der Waals surface area (Å²) < 4.78 is 0. The van der Waals surface area contributed by atoms with E-state index < -0.39 is 0 Å². The Bertz CT molecular complexity index is 411. The predicted octanol–water partition coefficient (Wildman–Crippen LogP) is 2.93. The topological polar surface area (TPSA) is 3.01 Å². The average Bonchev–Trinajstić information content (AvgIpc) is 3.14. The van der Waals surface area contributed by atoms with E-state index in [4.69, 9.17) is 0 Å². The van der Waals surface area contributed by atoms with Crippen LogP contribution in [0.4, 0.5) is 0 Å². The van der Waals surface area contributed by atoms with Crippen LogP contribution in [-0.4, -0.2) is 16.5 Å². The van der Waals surface area contributed by atoms with Gasteiger partial charge in [-0.1, -0.05) is 43.3 Å². The Morgan fingerprint density at radius 3 is 2.60 bits per heavy atom. The Morgan fingerprint density at radius 2 is 2.07 bits per heavy atom. The van der Waals surface area contributed by atoms with Gasteiger partial charge in [0.25, 0.3) is 0 Å². The van der Waals surface area contributed by atoms with Crippen LogP contribution in [0.2, 0.25) is 0 Å². The molecule has 0 saturated carbocycles. The molecule has 1 aromatic carbocycles. The maximum Gasteiger partial charge on any atom is 0.0849 e. The third-order valence-electron chi connectivity index (χ3n) is 4.33. The highest BCUT2D eigenvalue weighted by Crippen LogP contribution is 2.78. The number of rotatable bonds is 3. The summed E-state index contributed by atoms with van der Waals surface area (Å²) in [6.07, 6.45) is 3.34.